The lowest BCUT2D eigenvalue weighted by atomic mass is 10.2. The Morgan fingerprint density at radius 2 is 2.38 bits per heavy atom. The molecule has 90 valence electrons. The van der Waals surface area contributed by atoms with Crippen molar-refractivity contribution >= 4 is 11.9 Å². The van der Waals surface area contributed by atoms with E-state index in [1.807, 2.05) is 29.6 Å². The number of carbonyl (C=O) groups excluding carboxylic acids is 1. The van der Waals surface area contributed by atoms with Crippen LogP contribution < -0.4 is 4.90 Å². The van der Waals surface area contributed by atoms with Gasteiger partial charge in [0.25, 0.3) is 0 Å². The molecule has 0 aromatic carbocycles. The molecule has 0 N–H and O–H groups in total. The molecule has 0 radical (unpaired) electrons. The molecule has 5 heteroatoms. The maximum absolute atomic E-state index is 11.3. The van der Waals surface area contributed by atoms with Gasteiger partial charge in [-0.05, 0) is 6.92 Å². The Balaban J connectivity index is 2.65. The molecular formula is C11H19N3O2. The summed E-state index contributed by atoms with van der Waals surface area (Å²) < 4.78 is 6.73. The summed E-state index contributed by atoms with van der Waals surface area (Å²) >= 11 is 0. The van der Waals surface area contributed by atoms with Gasteiger partial charge in [-0.1, -0.05) is 6.92 Å². The summed E-state index contributed by atoms with van der Waals surface area (Å²) in [6, 6.07) is 0. The van der Waals surface area contributed by atoms with Crippen LogP contribution in [0.25, 0.3) is 0 Å². The number of rotatable bonds is 5. The smallest absolute Gasteiger partial charge is 0.310 e. The molecule has 1 aromatic heterocycles. The lowest BCUT2D eigenvalue weighted by molar-refractivity contribution is -0.144. The highest BCUT2D eigenvalue weighted by molar-refractivity contribution is 5.72. The molecule has 1 atom stereocenters. The first-order valence-corrected chi connectivity index (χ1v) is 5.40. The lowest BCUT2D eigenvalue weighted by Gasteiger charge is -2.21. The van der Waals surface area contributed by atoms with Gasteiger partial charge in [-0.2, -0.15) is 0 Å². The fraction of sp³-hybridized carbons (Fsp3) is 0.636. The van der Waals surface area contributed by atoms with Gasteiger partial charge in [0, 0.05) is 32.5 Å². The summed E-state index contributed by atoms with van der Waals surface area (Å²) in [6.45, 7) is 5.38. The summed E-state index contributed by atoms with van der Waals surface area (Å²) in [5.74, 6) is 0.525. The van der Waals surface area contributed by atoms with Crippen molar-refractivity contribution in [2.75, 3.05) is 25.6 Å². The van der Waals surface area contributed by atoms with Crippen LogP contribution in [0.15, 0.2) is 12.4 Å². The highest BCUT2D eigenvalue weighted by Gasteiger charge is 2.17. The quantitative estimate of drug-likeness (QED) is 0.705. The fourth-order valence-electron chi connectivity index (χ4n) is 1.65. The minimum absolute atomic E-state index is 0.156. The van der Waals surface area contributed by atoms with Crippen LogP contribution in [0, 0.1) is 5.92 Å². The lowest BCUT2D eigenvalue weighted by Crippen LogP contribution is -2.31. The maximum Gasteiger partial charge on any atom is 0.310 e. The van der Waals surface area contributed by atoms with Crippen LogP contribution in [-0.2, 0) is 16.1 Å². The van der Waals surface area contributed by atoms with Gasteiger partial charge in [-0.3, -0.25) is 4.79 Å². The number of methoxy groups -OCH3 is 1. The Morgan fingerprint density at radius 3 is 2.94 bits per heavy atom. The summed E-state index contributed by atoms with van der Waals surface area (Å²) in [5, 5.41) is 0. The van der Waals surface area contributed by atoms with Crippen molar-refractivity contribution in [3.05, 3.63) is 12.4 Å². The molecule has 16 heavy (non-hydrogen) atoms. The summed E-state index contributed by atoms with van der Waals surface area (Å²) in [5.41, 5.74) is 0. The van der Waals surface area contributed by atoms with Crippen LogP contribution >= 0.6 is 0 Å². The molecular weight excluding hydrogens is 206 g/mol. The summed E-state index contributed by atoms with van der Waals surface area (Å²) in [7, 11) is 3.33. The second-order valence-corrected chi connectivity index (χ2v) is 3.82. The Labute approximate surface area is 96.0 Å². The summed E-state index contributed by atoms with van der Waals surface area (Å²) in [4.78, 5) is 17.5. The average molecular weight is 225 g/mol. The van der Waals surface area contributed by atoms with Gasteiger partial charge in [-0.25, -0.2) is 4.98 Å². The average Bonchev–Trinajstić information content (AvgIpc) is 2.75. The van der Waals surface area contributed by atoms with E-state index in [9.17, 15) is 4.79 Å². The van der Waals surface area contributed by atoms with Crippen molar-refractivity contribution in [2.24, 2.45) is 5.92 Å². The standard InChI is InChI=1S/C11H19N3O2/c1-5-14-7-6-12-11(14)13(3)8-9(2)10(15)16-4/h6-7,9H,5,8H2,1-4H3. The molecule has 1 rings (SSSR count). The molecule has 0 aliphatic rings. The number of nitrogens with zero attached hydrogens (tertiary/aromatic N) is 3. The van der Waals surface area contributed by atoms with Gasteiger partial charge in [0.05, 0.1) is 13.0 Å². The van der Waals surface area contributed by atoms with Crippen LogP contribution in [0.1, 0.15) is 13.8 Å². The zero-order chi connectivity index (χ0) is 12.1. The number of aromatic nitrogens is 2. The van der Waals surface area contributed by atoms with Crippen LogP contribution in [-0.4, -0.2) is 36.2 Å². The highest BCUT2D eigenvalue weighted by Crippen LogP contribution is 2.12. The molecule has 0 aliphatic carbocycles. The van der Waals surface area contributed by atoms with Gasteiger partial charge >= 0.3 is 5.97 Å². The van der Waals surface area contributed by atoms with E-state index in [1.54, 1.807) is 6.20 Å². The molecule has 0 bridgehead atoms. The van der Waals surface area contributed by atoms with Crippen LogP contribution in [0.5, 0.6) is 0 Å². The zero-order valence-electron chi connectivity index (χ0n) is 10.3. The number of hydrogen-bond acceptors (Lipinski definition) is 4. The van der Waals surface area contributed by atoms with E-state index in [4.69, 9.17) is 4.74 Å². The third-order valence-corrected chi connectivity index (χ3v) is 2.53. The first-order chi connectivity index (χ1) is 7.60. The second kappa shape index (κ2) is 5.53. The molecule has 0 spiro atoms. The normalized spacial score (nSPS) is 12.2. The monoisotopic (exact) mass is 225 g/mol. The predicted octanol–water partition coefficient (Wildman–Crippen LogP) is 1.15. The Bertz CT molecular complexity index is 349. The minimum Gasteiger partial charge on any atom is -0.469 e. The number of carbonyl (C=O) groups is 1. The van der Waals surface area contributed by atoms with Crippen molar-refractivity contribution in [1.29, 1.82) is 0 Å². The van der Waals surface area contributed by atoms with Gasteiger partial charge < -0.3 is 14.2 Å². The van der Waals surface area contributed by atoms with E-state index in [2.05, 4.69) is 11.9 Å². The Kier molecular flexibility index (Phi) is 4.34. The van der Waals surface area contributed by atoms with E-state index in [0.717, 1.165) is 12.5 Å². The molecule has 0 saturated heterocycles. The van der Waals surface area contributed by atoms with Crippen molar-refractivity contribution in [1.82, 2.24) is 9.55 Å². The van der Waals surface area contributed by atoms with Crippen molar-refractivity contribution in [2.45, 2.75) is 20.4 Å². The maximum atomic E-state index is 11.3. The first kappa shape index (κ1) is 12.5. The molecule has 1 aromatic rings. The Hall–Kier alpha value is -1.52. The molecule has 1 unspecified atom stereocenters. The van der Waals surface area contributed by atoms with E-state index in [1.165, 1.54) is 7.11 Å². The number of ether oxygens (including phenoxy) is 1. The minimum atomic E-state index is -0.193. The first-order valence-electron chi connectivity index (χ1n) is 5.40. The third-order valence-electron chi connectivity index (χ3n) is 2.53. The molecule has 0 fully saturated rings. The number of imidazole rings is 1. The Morgan fingerprint density at radius 1 is 1.69 bits per heavy atom. The van der Waals surface area contributed by atoms with E-state index >= 15 is 0 Å². The van der Waals surface area contributed by atoms with E-state index in [-0.39, 0.29) is 11.9 Å². The van der Waals surface area contributed by atoms with Crippen molar-refractivity contribution < 1.29 is 9.53 Å². The second-order valence-electron chi connectivity index (χ2n) is 3.82. The van der Waals surface area contributed by atoms with Crippen LogP contribution in [0.2, 0.25) is 0 Å². The highest BCUT2D eigenvalue weighted by atomic mass is 16.5. The van der Waals surface area contributed by atoms with E-state index in [0.29, 0.717) is 6.54 Å². The number of aryl methyl sites for hydroxylation is 1. The molecule has 5 nitrogen and oxygen atoms in total. The largest absolute Gasteiger partial charge is 0.469 e. The molecule has 1 heterocycles. The number of anilines is 1. The topological polar surface area (TPSA) is 47.4 Å². The SMILES string of the molecule is CCn1ccnc1N(C)CC(C)C(=O)OC. The van der Waals surface area contributed by atoms with Gasteiger partial charge in [0.15, 0.2) is 0 Å². The van der Waals surface area contributed by atoms with Crippen LogP contribution in [0.4, 0.5) is 5.95 Å². The predicted molar refractivity (Wildman–Crippen MR) is 62.4 cm³/mol. The molecule has 0 amide bonds. The zero-order valence-corrected chi connectivity index (χ0v) is 10.3. The van der Waals surface area contributed by atoms with Gasteiger partial charge in [0.2, 0.25) is 5.95 Å². The number of esters is 1. The number of hydrogen-bond donors (Lipinski definition) is 0. The fourth-order valence-corrected chi connectivity index (χ4v) is 1.65. The van der Waals surface area contributed by atoms with Gasteiger partial charge in [-0.15, -0.1) is 0 Å². The molecule has 0 aliphatic heterocycles. The molecule has 0 saturated carbocycles. The van der Waals surface area contributed by atoms with E-state index < -0.39 is 0 Å². The van der Waals surface area contributed by atoms with Crippen LogP contribution in [0.3, 0.4) is 0 Å². The van der Waals surface area contributed by atoms with Crippen molar-refractivity contribution in [3.8, 4) is 0 Å². The van der Waals surface area contributed by atoms with Crippen molar-refractivity contribution in [3.63, 3.8) is 0 Å². The van der Waals surface area contributed by atoms with Gasteiger partial charge in [0.1, 0.15) is 0 Å². The third kappa shape index (κ3) is 2.74. The summed E-state index contributed by atoms with van der Waals surface area (Å²) in [6.07, 6.45) is 3.69.